The number of furan rings is 1. The SMILES string of the molecule is O=C1CCC(N2Cc3c(OCc4cc5cc(C6CCCCCCC6)ccc5o4)cccc3C2=O)C(=O)N1. The molecule has 1 aromatic heterocycles. The van der Waals surface area contributed by atoms with E-state index in [0.717, 1.165) is 22.3 Å². The molecule has 1 unspecified atom stereocenters. The van der Waals surface area contributed by atoms with Gasteiger partial charge >= 0.3 is 0 Å². The molecule has 3 aromatic rings. The molecule has 2 aromatic carbocycles. The summed E-state index contributed by atoms with van der Waals surface area (Å²) < 4.78 is 12.2. The Balaban J connectivity index is 1.16. The van der Waals surface area contributed by atoms with Crippen LogP contribution in [0.4, 0.5) is 0 Å². The number of nitrogens with zero attached hydrogens (tertiary/aromatic N) is 1. The topological polar surface area (TPSA) is 88.9 Å². The molecule has 1 aliphatic carbocycles. The molecule has 3 aliphatic rings. The molecule has 7 nitrogen and oxygen atoms in total. The number of hydrogen-bond donors (Lipinski definition) is 1. The molecule has 2 aliphatic heterocycles. The van der Waals surface area contributed by atoms with E-state index in [2.05, 4.69) is 23.5 Å². The normalized spacial score (nSPS) is 21.0. The van der Waals surface area contributed by atoms with Gasteiger partial charge in [-0.2, -0.15) is 0 Å². The predicted octanol–water partition coefficient (Wildman–Crippen LogP) is 5.60. The summed E-state index contributed by atoms with van der Waals surface area (Å²) in [6, 6.07) is 13.3. The summed E-state index contributed by atoms with van der Waals surface area (Å²) in [5, 5.41) is 3.44. The maximum absolute atomic E-state index is 13.1. The molecule has 1 N–H and O–H groups in total. The average molecular weight is 501 g/mol. The van der Waals surface area contributed by atoms with Gasteiger partial charge in [-0.15, -0.1) is 0 Å². The standard InChI is InChI=1S/C30H32N2O5/c33-28-14-12-25(29(34)31-28)32-17-24-23(30(32)35)9-6-10-27(24)36-18-22-16-21-15-20(11-13-26(21)37-22)19-7-4-2-1-3-5-8-19/h6,9-11,13,15-16,19,25H,1-5,7-8,12,14,17-18H2,(H,31,33,34). The van der Waals surface area contributed by atoms with Crippen LogP contribution < -0.4 is 10.1 Å². The number of amides is 3. The van der Waals surface area contributed by atoms with E-state index in [1.165, 1.54) is 55.4 Å². The van der Waals surface area contributed by atoms with Crippen LogP contribution in [0.3, 0.4) is 0 Å². The average Bonchev–Trinajstić information content (AvgIpc) is 3.43. The molecule has 1 saturated heterocycles. The zero-order chi connectivity index (χ0) is 25.4. The first kappa shape index (κ1) is 23.8. The Labute approximate surface area is 216 Å². The van der Waals surface area contributed by atoms with Crippen LogP contribution in [0.25, 0.3) is 11.0 Å². The third-order valence-corrected chi connectivity index (χ3v) is 8.08. The van der Waals surface area contributed by atoms with Crippen molar-refractivity contribution in [2.45, 2.75) is 82.9 Å². The molecule has 3 amide bonds. The Morgan fingerprint density at radius 2 is 1.76 bits per heavy atom. The highest BCUT2D eigenvalue weighted by atomic mass is 16.5. The van der Waals surface area contributed by atoms with Crippen molar-refractivity contribution in [2.75, 3.05) is 0 Å². The Bertz CT molecular complexity index is 1350. The monoisotopic (exact) mass is 500 g/mol. The maximum Gasteiger partial charge on any atom is 0.255 e. The van der Waals surface area contributed by atoms with Crippen molar-refractivity contribution in [3.8, 4) is 5.75 Å². The number of benzene rings is 2. The van der Waals surface area contributed by atoms with Gasteiger partial charge in [0.2, 0.25) is 11.8 Å². The Morgan fingerprint density at radius 1 is 0.946 bits per heavy atom. The number of carbonyl (C=O) groups excluding carboxylic acids is 3. The zero-order valence-corrected chi connectivity index (χ0v) is 21.0. The minimum absolute atomic E-state index is 0.208. The van der Waals surface area contributed by atoms with Crippen LogP contribution in [0.2, 0.25) is 0 Å². The maximum atomic E-state index is 13.1. The van der Waals surface area contributed by atoms with Crippen molar-refractivity contribution >= 4 is 28.7 Å². The van der Waals surface area contributed by atoms with Crippen LogP contribution in [0.1, 0.15) is 91.0 Å². The number of fused-ring (bicyclic) bond motifs is 2. The van der Waals surface area contributed by atoms with Crippen LogP contribution in [0.15, 0.2) is 46.9 Å². The molecule has 1 atom stereocenters. The summed E-state index contributed by atoms with van der Waals surface area (Å²) in [5.74, 6) is 1.04. The summed E-state index contributed by atoms with van der Waals surface area (Å²) in [4.78, 5) is 38.5. The minimum Gasteiger partial charge on any atom is -0.485 e. The minimum atomic E-state index is -0.646. The van der Waals surface area contributed by atoms with Gasteiger partial charge < -0.3 is 14.1 Å². The number of ether oxygens (including phenoxy) is 1. The van der Waals surface area contributed by atoms with E-state index in [9.17, 15) is 14.4 Å². The van der Waals surface area contributed by atoms with Crippen molar-refractivity contribution in [2.24, 2.45) is 0 Å². The number of piperidine rings is 1. The van der Waals surface area contributed by atoms with E-state index < -0.39 is 11.9 Å². The molecule has 2 fully saturated rings. The summed E-state index contributed by atoms with van der Waals surface area (Å²) in [7, 11) is 0. The molecule has 7 heteroatoms. The number of nitrogens with one attached hydrogen (secondary N) is 1. The van der Waals surface area contributed by atoms with Crippen LogP contribution in [-0.2, 0) is 22.7 Å². The summed E-state index contributed by atoms with van der Waals surface area (Å²) in [5.41, 5.74) is 3.55. The fourth-order valence-electron chi connectivity index (χ4n) is 6.07. The van der Waals surface area contributed by atoms with Crippen molar-refractivity contribution in [3.05, 3.63) is 64.9 Å². The highest BCUT2D eigenvalue weighted by molar-refractivity contribution is 6.05. The van der Waals surface area contributed by atoms with Gasteiger partial charge in [0.15, 0.2) is 0 Å². The fraction of sp³-hybridized carbons (Fsp3) is 0.433. The molecule has 192 valence electrons. The highest BCUT2D eigenvalue weighted by Gasteiger charge is 2.40. The summed E-state index contributed by atoms with van der Waals surface area (Å²) in [6.07, 6.45) is 9.73. The number of hydrogen-bond acceptors (Lipinski definition) is 5. The number of rotatable bonds is 5. The molecular formula is C30H32N2O5. The van der Waals surface area contributed by atoms with Crippen molar-refractivity contribution < 1.29 is 23.5 Å². The quantitative estimate of drug-likeness (QED) is 0.461. The van der Waals surface area contributed by atoms with Crippen molar-refractivity contribution in [1.82, 2.24) is 10.2 Å². The lowest BCUT2D eigenvalue weighted by Gasteiger charge is -2.29. The second-order valence-corrected chi connectivity index (χ2v) is 10.5. The molecule has 0 radical (unpaired) electrons. The molecule has 37 heavy (non-hydrogen) atoms. The molecule has 1 saturated carbocycles. The lowest BCUT2D eigenvalue weighted by atomic mass is 9.86. The molecule has 0 spiro atoms. The Hall–Kier alpha value is -3.61. The van der Waals surface area contributed by atoms with Gasteiger partial charge in [0.1, 0.15) is 29.7 Å². The fourth-order valence-corrected chi connectivity index (χ4v) is 6.07. The summed E-state index contributed by atoms with van der Waals surface area (Å²) in [6.45, 7) is 0.526. The number of carbonyl (C=O) groups is 3. The van der Waals surface area contributed by atoms with E-state index >= 15 is 0 Å². The first-order valence-corrected chi connectivity index (χ1v) is 13.5. The van der Waals surface area contributed by atoms with E-state index in [1.807, 2.05) is 12.1 Å². The van der Waals surface area contributed by atoms with Gasteiger partial charge in [0.25, 0.3) is 5.91 Å². The van der Waals surface area contributed by atoms with Gasteiger partial charge in [0.05, 0.1) is 6.54 Å². The zero-order valence-electron chi connectivity index (χ0n) is 21.0. The van der Waals surface area contributed by atoms with Crippen LogP contribution in [0.5, 0.6) is 5.75 Å². The van der Waals surface area contributed by atoms with Gasteiger partial charge in [-0.05, 0) is 61.1 Å². The van der Waals surface area contributed by atoms with E-state index in [0.29, 0.717) is 23.7 Å². The van der Waals surface area contributed by atoms with Crippen LogP contribution in [-0.4, -0.2) is 28.7 Å². The lowest BCUT2D eigenvalue weighted by molar-refractivity contribution is -0.136. The third-order valence-electron chi connectivity index (χ3n) is 8.08. The first-order chi connectivity index (χ1) is 18.1. The van der Waals surface area contributed by atoms with Gasteiger partial charge in [-0.25, -0.2) is 0 Å². The van der Waals surface area contributed by atoms with E-state index in [1.54, 1.807) is 12.1 Å². The number of imide groups is 1. The smallest absolute Gasteiger partial charge is 0.255 e. The lowest BCUT2D eigenvalue weighted by Crippen LogP contribution is -2.52. The van der Waals surface area contributed by atoms with Crippen molar-refractivity contribution in [3.63, 3.8) is 0 Å². The Morgan fingerprint density at radius 3 is 2.57 bits per heavy atom. The van der Waals surface area contributed by atoms with Crippen LogP contribution >= 0.6 is 0 Å². The third kappa shape index (κ3) is 4.75. The second-order valence-electron chi connectivity index (χ2n) is 10.5. The first-order valence-electron chi connectivity index (χ1n) is 13.5. The molecular weight excluding hydrogens is 468 g/mol. The highest BCUT2D eigenvalue weighted by Crippen LogP contribution is 2.35. The van der Waals surface area contributed by atoms with Crippen molar-refractivity contribution in [1.29, 1.82) is 0 Å². The van der Waals surface area contributed by atoms with Crippen LogP contribution in [0, 0.1) is 0 Å². The largest absolute Gasteiger partial charge is 0.485 e. The Kier molecular flexibility index (Phi) is 6.45. The van der Waals surface area contributed by atoms with E-state index in [4.69, 9.17) is 9.15 Å². The molecule has 3 heterocycles. The van der Waals surface area contributed by atoms with Gasteiger partial charge in [0, 0.05) is 22.9 Å². The van der Waals surface area contributed by atoms with Gasteiger partial charge in [-0.3, -0.25) is 19.7 Å². The summed E-state index contributed by atoms with van der Waals surface area (Å²) >= 11 is 0. The van der Waals surface area contributed by atoms with E-state index in [-0.39, 0.29) is 31.4 Å². The predicted molar refractivity (Wildman–Crippen MR) is 138 cm³/mol. The molecule has 6 rings (SSSR count). The van der Waals surface area contributed by atoms with Gasteiger partial charge in [-0.1, -0.05) is 44.2 Å². The molecule has 0 bridgehead atoms. The second kappa shape index (κ2) is 10.0.